The number of hydrogen-bond acceptors (Lipinski definition) is 2. The molecule has 1 aliphatic rings. The number of nitrogens with one attached hydrogen (secondary N) is 1. The zero-order valence-electron chi connectivity index (χ0n) is 8.72. The van der Waals surface area contributed by atoms with E-state index >= 15 is 0 Å². The molecule has 1 fully saturated rings. The maximum atomic E-state index is 5.76. The summed E-state index contributed by atoms with van der Waals surface area (Å²) in [5, 5.41) is 3.57. The van der Waals surface area contributed by atoms with Gasteiger partial charge in [0.05, 0.1) is 0 Å². The Balaban J connectivity index is 2.10. The molecule has 1 aromatic rings. The maximum absolute atomic E-state index is 5.76. The summed E-state index contributed by atoms with van der Waals surface area (Å²) < 4.78 is 0. The lowest BCUT2D eigenvalue weighted by atomic mass is 10.1. The molecule has 2 heteroatoms. The van der Waals surface area contributed by atoms with Gasteiger partial charge in [-0.25, -0.2) is 0 Å². The third kappa shape index (κ3) is 2.00. The maximum Gasteiger partial charge on any atom is 0.0392 e. The summed E-state index contributed by atoms with van der Waals surface area (Å²) >= 11 is 0. The molecule has 0 bridgehead atoms. The van der Waals surface area contributed by atoms with E-state index in [1.54, 1.807) is 0 Å². The lowest BCUT2D eigenvalue weighted by Gasteiger charge is -2.16. The van der Waals surface area contributed by atoms with E-state index in [9.17, 15) is 0 Å². The highest BCUT2D eigenvalue weighted by atomic mass is 14.9. The van der Waals surface area contributed by atoms with Crippen molar-refractivity contribution in [2.75, 3.05) is 11.1 Å². The molecule has 2 nitrogen and oxygen atoms in total. The van der Waals surface area contributed by atoms with E-state index < -0.39 is 0 Å². The van der Waals surface area contributed by atoms with E-state index in [0.717, 1.165) is 5.69 Å². The second-order valence-electron chi connectivity index (χ2n) is 4.20. The van der Waals surface area contributed by atoms with E-state index in [0.29, 0.717) is 6.04 Å². The summed E-state index contributed by atoms with van der Waals surface area (Å²) in [6, 6.07) is 6.73. The molecule has 0 spiro atoms. The van der Waals surface area contributed by atoms with Gasteiger partial charge in [0.2, 0.25) is 0 Å². The van der Waals surface area contributed by atoms with Gasteiger partial charge in [-0.05, 0) is 37.5 Å². The number of nitrogens with two attached hydrogens (primary N) is 1. The zero-order valence-corrected chi connectivity index (χ0v) is 8.72. The molecule has 0 unspecified atom stereocenters. The molecule has 76 valence electrons. The van der Waals surface area contributed by atoms with Crippen LogP contribution in [-0.4, -0.2) is 6.04 Å². The molecule has 1 saturated carbocycles. The molecule has 0 radical (unpaired) electrons. The van der Waals surface area contributed by atoms with Crippen LogP contribution in [0.2, 0.25) is 0 Å². The quantitative estimate of drug-likeness (QED) is 0.704. The van der Waals surface area contributed by atoms with E-state index in [2.05, 4.69) is 18.3 Å². The van der Waals surface area contributed by atoms with E-state index in [1.165, 1.54) is 36.9 Å². The first-order chi connectivity index (χ1) is 6.75. The predicted octanol–water partition coefficient (Wildman–Crippen LogP) is 2.93. The molecule has 3 N–H and O–H groups in total. The number of aryl methyl sites for hydroxylation is 1. The largest absolute Gasteiger partial charge is 0.399 e. The van der Waals surface area contributed by atoms with Gasteiger partial charge in [-0.15, -0.1) is 0 Å². The lowest BCUT2D eigenvalue weighted by molar-refractivity contribution is 0.754. The Labute approximate surface area is 85.5 Å². The summed E-state index contributed by atoms with van der Waals surface area (Å²) in [4.78, 5) is 0. The molecule has 0 heterocycles. The number of rotatable bonds is 2. The van der Waals surface area contributed by atoms with E-state index in [4.69, 9.17) is 5.73 Å². The van der Waals surface area contributed by atoms with Gasteiger partial charge < -0.3 is 11.1 Å². The molecule has 14 heavy (non-hydrogen) atoms. The fourth-order valence-corrected chi connectivity index (χ4v) is 2.09. The van der Waals surface area contributed by atoms with Crippen LogP contribution < -0.4 is 11.1 Å². The summed E-state index contributed by atoms with van der Waals surface area (Å²) in [6.07, 6.45) is 5.32. The second kappa shape index (κ2) is 3.91. The minimum atomic E-state index is 0.662. The predicted molar refractivity (Wildman–Crippen MR) is 61.5 cm³/mol. The third-order valence-electron chi connectivity index (χ3n) is 2.98. The van der Waals surface area contributed by atoms with Gasteiger partial charge in [0.1, 0.15) is 0 Å². The van der Waals surface area contributed by atoms with Crippen LogP contribution in [0.5, 0.6) is 0 Å². The first-order valence-electron chi connectivity index (χ1n) is 5.38. The van der Waals surface area contributed by atoms with Crippen molar-refractivity contribution in [1.82, 2.24) is 0 Å². The van der Waals surface area contributed by atoms with Crippen LogP contribution in [0, 0.1) is 6.92 Å². The van der Waals surface area contributed by atoms with Gasteiger partial charge in [-0.1, -0.05) is 18.9 Å². The highest BCUT2D eigenvalue weighted by Crippen LogP contribution is 2.25. The van der Waals surface area contributed by atoms with Gasteiger partial charge in [0, 0.05) is 17.4 Å². The molecule has 0 aliphatic heterocycles. The van der Waals surface area contributed by atoms with Crippen molar-refractivity contribution in [3.8, 4) is 0 Å². The van der Waals surface area contributed by atoms with Gasteiger partial charge in [0.15, 0.2) is 0 Å². The van der Waals surface area contributed by atoms with Crippen molar-refractivity contribution >= 4 is 11.4 Å². The Morgan fingerprint density at radius 1 is 1.29 bits per heavy atom. The Bertz CT molecular complexity index is 314. The Morgan fingerprint density at radius 3 is 2.71 bits per heavy atom. The molecule has 0 aromatic heterocycles. The van der Waals surface area contributed by atoms with Crippen LogP contribution in [0.15, 0.2) is 18.2 Å². The first kappa shape index (κ1) is 9.38. The average molecular weight is 190 g/mol. The second-order valence-corrected chi connectivity index (χ2v) is 4.20. The first-order valence-corrected chi connectivity index (χ1v) is 5.38. The summed E-state index contributed by atoms with van der Waals surface area (Å²) in [6.45, 7) is 2.12. The Morgan fingerprint density at radius 2 is 2.00 bits per heavy atom. The van der Waals surface area contributed by atoms with Gasteiger partial charge >= 0.3 is 0 Å². The van der Waals surface area contributed by atoms with Crippen molar-refractivity contribution in [3.05, 3.63) is 23.8 Å². The van der Waals surface area contributed by atoms with E-state index in [1.807, 2.05) is 12.1 Å². The summed E-state index contributed by atoms with van der Waals surface area (Å²) in [5.41, 5.74) is 9.09. The SMILES string of the molecule is Cc1ccc(N)cc1NC1CCCC1. The summed E-state index contributed by atoms with van der Waals surface area (Å²) in [7, 11) is 0. The van der Waals surface area contributed by atoms with Crippen LogP contribution in [-0.2, 0) is 0 Å². The van der Waals surface area contributed by atoms with Crippen LogP contribution in [0.3, 0.4) is 0 Å². The van der Waals surface area contributed by atoms with Crippen molar-refractivity contribution < 1.29 is 0 Å². The fraction of sp³-hybridized carbons (Fsp3) is 0.500. The number of anilines is 2. The molecule has 1 aromatic carbocycles. The topological polar surface area (TPSA) is 38.0 Å². The Hall–Kier alpha value is -1.18. The van der Waals surface area contributed by atoms with Crippen molar-refractivity contribution in [2.45, 2.75) is 38.6 Å². The van der Waals surface area contributed by atoms with Crippen LogP contribution in [0.25, 0.3) is 0 Å². The van der Waals surface area contributed by atoms with Gasteiger partial charge in [-0.3, -0.25) is 0 Å². The van der Waals surface area contributed by atoms with Gasteiger partial charge in [0.25, 0.3) is 0 Å². The molecule has 0 atom stereocenters. The summed E-state index contributed by atoms with van der Waals surface area (Å²) in [5.74, 6) is 0. The monoisotopic (exact) mass is 190 g/mol. The third-order valence-corrected chi connectivity index (χ3v) is 2.98. The molecular formula is C12H18N2. The zero-order chi connectivity index (χ0) is 9.97. The van der Waals surface area contributed by atoms with Crippen LogP contribution >= 0.6 is 0 Å². The highest BCUT2D eigenvalue weighted by molar-refractivity contribution is 5.59. The molecule has 1 aliphatic carbocycles. The van der Waals surface area contributed by atoms with Crippen molar-refractivity contribution in [3.63, 3.8) is 0 Å². The smallest absolute Gasteiger partial charge is 0.0392 e. The Kier molecular flexibility index (Phi) is 2.62. The lowest BCUT2D eigenvalue weighted by Crippen LogP contribution is -2.15. The average Bonchev–Trinajstić information content (AvgIpc) is 2.64. The minimum Gasteiger partial charge on any atom is -0.399 e. The van der Waals surface area contributed by atoms with Crippen molar-refractivity contribution in [1.29, 1.82) is 0 Å². The highest BCUT2D eigenvalue weighted by Gasteiger charge is 2.14. The molecule has 0 amide bonds. The molecule has 0 saturated heterocycles. The number of nitrogen functional groups attached to an aromatic ring is 1. The van der Waals surface area contributed by atoms with Crippen LogP contribution in [0.1, 0.15) is 31.2 Å². The number of hydrogen-bond donors (Lipinski definition) is 2. The molecular weight excluding hydrogens is 172 g/mol. The van der Waals surface area contributed by atoms with Gasteiger partial charge in [-0.2, -0.15) is 0 Å². The van der Waals surface area contributed by atoms with Crippen LogP contribution in [0.4, 0.5) is 11.4 Å². The van der Waals surface area contributed by atoms with Crippen molar-refractivity contribution in [2.24, 2.45) is 0 Å². The normalized spacial score (nSPS) is 17.2. The molecule has 2 rings (SSSR count). The fourth-order valence-electron chi connectivity index (χ4n) is 2.09. The number of benzene rings is 1. The minimum absolute atomic E-state index is 0.662. The standard InChI is InChI=1S/C12H18N2/c1-9-6-7-10(13)8-12(9)14-11-4-2-3-5-11/h6-8,11,14H,2-5,13H2,1H3. The van der Waals surface area contributed by atoms with E-state index in [-0.39, 0.29) is 0 Å².